The lowest BCUT2D eigenvalue weighted by atomic mass is 9.67. The molecule has 3 rings (SSSR count). The van der Waals surface area contributed by atoms with Crippen LogP contribution in [0, 0.1) is 23.7 Å². The summed E-state index contributed by atoms with van der Waals surface area (Å²) < 4.78 is 6.30. The molecule has 0 bridgehead atoms. The van der Waals surface area contributed by atoms with Gasteiger partial charge in [-0.15, -0.1) is 0 Å². The highest BCUT2D eigenvalue weighted by molar-refractivity contribution is 9.09. The maximum absolute atomic E-state index is 13.9. The van der Waals surface area contributed by atoms with Crippen molar-refractivity contribution in [2.75, 3.05) is 5.33 Å². The molecular formula is C28H36BrCl2NO4. The van der Waals surface area contributed by atoms with Gasteiger partial charge in [-0.3, -0.25) is 0 Å². The lowest BCUT2D eigenvalue weighted by Gasteiger charge is -2.43. The maximum Gasteiger partial charge on any atom is 0.337 e. The fourth-order valence-corrected chi connectivity index (χ4v) is 6.92. The average Bonchev–Trinajstić information content (AvgIpc) is 2.78. The standard InChI is InChI=1S/C28H36BrCl2NO4/c1-14(2)22-18(8-7-11-29)12-15(3)13-21(22)36-28(35)24-17(5)32-16(4)23(27(33)34)25(24)19-9-6-10-20(30)26(19)31/h6,9-10,14-15,18,21-22,25,32H,7-8,11-13H2,1-5H3,(H,33,34). The maximum atomic E-state index is 13.9. The Balaban J connectivity index is 2.03. The van der Waals surface area contributed by atoms with E-state index in [1.54, 1.807) is 32.0 Å². The fraction of sp³-hybridized carbons (Fsp3) is 0.571. The van der Waals surface area contributed by atoms with Gasteiger partial charge in [0.25, 0.3) is 0 Å². The first-order valence-corrected chi connectivity index (χ1v) is 14.5. The average molecular weight is 601 g/mol. The number of rotatable bonds is 8. The number of carbonyl (C=O) groups excluding carboxylic acids is 1. The molecule has 0 aromatic heterocycles. The third-order valence-electron chi connectivity index (χ3n) is 7.55. The minimum Gasteiger partial charge on any atom is -0.478 e. The number of halogens is 3. The molecule has 0 amide bonds. The zero-order valence-corrected chi connectivity index (χ0v) is 24.6. The molecule has 5 unspecified atom stereocenters. The van der Waals surface area contributed by atoms with E-state index in [0.29, 0.717) is 39.7 Å². The summed E-state index contributed by atoms with van der Waals surface area (Å²) in [5.41, 5.74) is 1.81. The monoisotopic (exact) mass is 599 g/mol. The number of carboxylic acid groups (broad SMARTS) is 1. The van der Waals surface area contributed by atoms with Gasteiger partial charge in [0.15, 0.2) is 0 Å². The minimum atomic E-state index is -1.12. The van der Waals surface area contributed by atoms with Crippen molar-refractivity contribution in [1.82, 2.24) is 5.32 Å². The summed E-state index contributed by atoms with van der Waals surface area (Å²) in [6.45, 7) is 10.1. The zero-order chi connectivity index (χ0) is 26.7. The largest absolute Gasteiger partial charge is 0.478 e. The van der Waals surface area contributed by atoms with Crippen LogP contribution in [0.4, 0.5) is 0 Å². The van der Waals surface area contributed by atoms with Crippen molar-refractivity contribution in [2.45, 2.75) is 72.3 Å². The number of esters is 1. The van der Waals surface area contributed by atoms with Crippen LogP contribution in [-0.2, 0) is 14.3 Å². The SMILES string of the molecule is CC1=C(C(=O)O)C(c2cccc(Cl)c2Cl)C(C(=O)OC2CC(C)CC(CCCBr)C2C(C)C)=C(C)N1. The van der Waals surface area contributed by atoms with Crippen LogP contribution in [0.1, 0.15) is 71.8 Å². The number of ether oxygens (including phenoxy) is 1. The van der Waals surface area contributed by atoms with Crippen LogP contribution in [0.5, 0.6) is 0 Å². The summed E-state index contributed by atoms with van der Waals surface area (Å²) >= 11 is 16.4. The topological polar surface area (TPSA) is 75.6 Å². The molecule has 1 aromatic carbocycles. The second-order valence-corrected chi connectivity index (χ2v) is 12.1. The summed E-state index contributed by atoms with van der Waals surface area (Å²) in [6, 6.07) is 5.07. The number of benzene rings is 1. The van der Waals surface area contributed by atoms with Crippen molar-refractivity contribution < 1.29 is 19.4 Å². The molecular weight excluding hydrogens is 565 g/mol. The van der Waals surface area contributed by atoms with Gasteiger partial charge in [0.2, 0.25) is 0 Å². The molecule has 5 atom stereocenters. The van der Waals surface area contributed by atoms with Crippen LogP contribution in [0.3, 0.4) is 0 Å². The highest BCUT2D eigenvalue weighted by Crippen LogP contribution is 2.46. The minimum absolute atomic E-state index is 0.0596. The van der Waals surface area contributed by atoms with Crippen LogP contribution < -0.4 is 5.32 Å². The second-order valence-electron chi connectivity index (χ2n) is 10.5. The Kier molecular flexibility index (Phi) is 9.98. The van der Waals surface area contributed by atoms with Crippen molar-refractivity contribution in [3.63, 3.8) is 0 Å². The van der Waals surface area contributed by atoms with Gasteiger partial charge in [-0.25, -0.2) is 9.59 Å². The Bertz CT molecular complexity index is 1070. The first kappa shape index (κ1) is 29.1. The fourth-order valence-electron chi connectivity index (χ4n) is 6.18. The van der Waals surface area contributed by atoms with Crippen molar-refractivity contribution in [3.05, 3.63) is 56.3 Å². The normalized spacial score (nSPS) is 26.8. The van der Waals surface area contributed by atoms with Gasteiger partial charge in [-0.05, 0) is 68.9 Å². The molecule has 0 radical (unpaired) electrons. The van der Waals surface area contributed by atoms with E-state index in [4.69, 9.17) is 27.9 Å². The number of alkyl halides is 1. The third-order valence-corrected chi connectivity index (χ3v) is 8.95. The van der Waals surface area contributed by atoms with Gasteiger partial charge in [-0.1, -0.05) is 72.0 Å². The summed E-state index contributed by atoms with van der Waals surface area (Å²) in [6.07, 6.45) is 3.84. The second kappa shape index (κ2) is 12.4. The van der Waals surface area contributed by atoms with Crippen molar-refractivity contribution in [3.8, 4) is 0 Å². The van der Waals surface area contributed by atoms with Gasteiger partial charge >= 0.3 is 11.9 Å². The smallest absolute Gasteiger partial charge is 0.337 e. The number of carboxylic acids is 1. The molecule has 1 aromatic rings. The number of carbonyl (C=O) groups is 2. The highest BCUT2D eigenvalue weighted by Gasteiger charge is 2.43. The van der Waals surface area contributed by atoms with Gasteiger partial charge in [0.1, 0.15) is 6.10 Å². The van der Waals surface area contributed by atoms with E-state index in [2.05, 4.69) is 42.0 Å². The van der Waals surface area contributed by atoms with Crippen molar-refractivity contribution in [2.24, 2.45) is 23.7 Å². The molecule has 1 fully saturated rings. The Morgan fingerprint density at radius 3 is 2.44 bits per heavy atom. The summed E-state index contributed by atoms with van der Waals surface area (Å²) in [4.78, 5) is 26.3. The molecule has 5 nitrogen and oxygen atoms in total. The molecule has 2 N–H and O–H groups in total. The van der Waals surface area contributed by atoms with E-state index in [1.165, 1.54) is 0 Å². The summed E-state index contributed by atoms with van der Waals surface area (Å²) in [7, 11) is 0. The van der Waals surface area contributed by atoms with Gasteiger partial charge in [0, 0.05) is 22.6 Å². The molecule has 198 valence electrons. The number of hydrogen-bond donors (Lipinski definition) is 2. The van der Waals surface area contributed by atoms with Gasteiger partial charge in [-0.2, -0.15) is 0 Å². The van der Waals surface area contributed by atoms with Crippen LogP contribution >= 0.6 is 39.1 Å². The van der Waals surface area contributed by atoms with E-state index >= 15 is 0 Å². The number of hydrogen-bond acceptors (Lipinski definition) is 4. The molecule has 8 heteroatoms. The molecule has 2 aliphatic rings. The van der Waals surface area contributed by atoms with Crippen LogP contribution in [0.2, 0.25) is 10.0 Å². The number of nitrogens with one attached hydrogen (secondary N) is 1. The number of dihydropyridines is 1. The van der Waals surface area contributed by atoms with E-state index in [1.807, 2.05) is 0 Å². The van der Waals surface area contributed by atoms with Crippen LogP contribution in [-0.4, -0.2) is 28.5 Å². The Labute approximate surface area is 232 Å². The number of aliphatic carboxylic acids is 1. The first-order valence-electron chi connectivity index (χ1n) is 12.6. The predicted molar refractivity (Wildman–Crippen MR) is 148 cm³/mol. The summed E-state index contributed by atoms with van der Waals surface area (Å²) in [5, 5.41) is 14.7. The molecule has 0 spiro atoms. The van der Waals surface area contributed by atoms with Crippen LogP contribution in [0.15, 0.2) is 40.7 Å². The Hall–Kier alpha value is -1.50. The van der Waals surface area contributed by atoms with Gasteiger partial charge < -0.3 is 15.2 Å². The van der Waals surface area contributed by atoms with Gasteiger partial charge in [0.05, 0.1) is 27.1 Å². The lowest BCUT2D eigenvalue weighted by molar-refractivity contribution is -0.154. The highest BCUT2D eigenvalue weighted by atomic mass is 79.9. The molecule has 36 heavy (non-hydrogen) atoms. The van der Waals surface area contributed by atoms with Crippen molar-refractivity contribution >= 4 is 51.1 Å². The summed E-state index contributed by atoms with van der Waals surface area (Å²) in [5.74, 6) is -1.02. The molecule has 1 heterocycles. The first-order chi connectivity index (χ1) is 17.0. The number of allylic oxidation sites excluding steroid dienone is 2. The van der Waals surface area contributed by atoms with E-state index < -0.39 is 17.9 Å². The van der Waals surface area contributed by atoms with E-state index in [-0.39, 0.29) is 28.2 Å². The van der Waals surface area contributed by atoms with Crippen LogP contribution in [0.25, 0.3) is 0 Å². The van der Waals surface area contributed by atoms with E-state index in [9.17, 15) is 14.7 Å². The quantitative estimate of drug-likeness (QED) is 0.236. The Morgan fingerprint density at radius 2 is 1.83 bits per heavy atom. The zero-order valence-electron chi connectivity index (χ0n) is 21.5. The van der Waals surface area contributed by atoms with Crippen molar-refractivity contribution in [1.29, 1.82) is 0 Å². The Morgan fingerprint density at radius 1 is 1.17 bits per heavy atom. The predicted octanol–water partition coefficient (Wildman–Crippen LogP) is 7.72. The molecule has 1 aliphatic carbocycles. The molecule has 0 saturated heterocycles. The third kappa shape index (κ3) is 6.14. The lowest BCUT2D eigenvalue weighted by Crippen LogP contribution is -2.43. The molecule has 1 saturated carbocycles. The molecule has 1 aliphatic heterocycles. The van der Waals surface area contributed by atoms with E-state index in [0.717, 1.165) is 31.0 Å².